The Kier molecular flexibility index (Phi) is 9.47. The molecule has 0 unspecified atom stereocenters. The Hall–Kier alpha value is -2.51. The molecule has 0 spiro atoms. The Morgan fingerprint density at radius 1 is 1.03 bits per heavy atom. The van der Waals surface area contributed by atoms with Crippen molar-refractivity contribution in [2.24, 2.45) is 5.92 Å². The monoisotopic (exact) mass is 539 g/mol. The van der Waals surface area contributed by atoms with Crippen LogP contribution in [0.15, 0.2) is 52.3 Å². The van der Waals surface area contributed by atoms with Crippen molar-refractivity contribution in [2.45, 2.75) is 37.1 Å². The van der Waals surface area contributed by atoms with Gasteiger partial charge in [0, 0.05) is 26.2 Å². The maximum absolute atomic E-state index is 12.7. The molecule has 0 radical (unpaired) electrons. The molecular formula is C24H33N3O7S2. The summed E-state index contributed by atoms with van der Waals surface area (Å²) in [5, 5.41) is 2.73. The Morgan fingerprint density at radius 2 is 1.67 bits per heavy atom. The molecule has 1 saturated heterocycles. The number of rotatable bonds is 11. The van der Waals surface area contributed by atoms with E-state index in [0.717, 1.165) is 5.56 Å². The molecule has 2 N–H and O–H groups in total. The number of ether oxygens (including phenoxy) is 2. The molecule has 1 amide bonds. The van der Waals surface area contributed by atoms with Crippen molar-refractivity contribution in [3.8, 4) is 5.75 Å². The highest BCUT2D eigenvalue weighted by molar-refractivity contribution is 7.89. The first-order chi connectivity index (χ1) is 17.0. The number of morpholine rings is 1. The van der Waals surface area contributed by atoms with Crippen LogP contribution in [0, 0.1) is 12.8 Å². The van der Waals surface area contributed by atoms with Gasteiger partial charge in [-0.15, -0.1) is 0 Å². The lowest BCUT2D eigenvalue weighted by Crippen LogP contribution is -2.40. The molecule has 0 bridgehead atoms. The van der Waals surface area contributed by atoms with Crippen LogP contribution in [0.3, 0.4) is 0 Å². The number of benzene rings is 2. The molecule has 198 valence electrons. The molecule has 2 aromatic carbocycles. The zero-order valence-corrected chi connectivity index (χ0v) is 22.3. The third kappa shape index (κ3) is 7.50. The van der Waals surface area contributed by atoms with Crippen molar-refractivity contribution in [1.82, 2.24) is 14.3 Å². The molecule has 1 aliphatic heterocycles. The van der Waals surface area contributed by atoms with Gasteiger partial charge in [0.15, 0.2) is 6.61 Å². The molecule has 2 aromatic rings. The lowest BCUT2D eigenvalue weighted by atomic mass is 10.2. The third-order valence-electron chi connectivity index (χ3n) is 5.52. The van der Waals surface area contributed by atoms with Crippen LogP contribution in [0.25, 0.3) is 0 Å². The largest absolute Gasteiger partial charge is 0.484 e. The van der Waals surface area contributed by atoms with Gasteiger partial charge in [0.2, 0.25) is 20.0 Å². The van der Waals surface area contributed by atoms with Crippen molar-refractivity contribution in [1.29, 1.82) is 0 Å². The van der Waals surface area contributed by atoms with E-state index in [1.807, 2.05) is 13.8 Å². The van der Waals surface area contributed by atoms with Crippen LogP contribution in [-0.4, -0.2) is 66.5 Å². The van der Waals surface area contributed by atoms with E-state index < -0.39 is 20.0 Å². The summed E-state index contributed by atoms with van der Waals surface area (Å²) in [5.41, 5.74) is 1.33. The zero-order chi connectivity index (χ0) is 26.3. The van der Waals surface area contributed by atoms with Crippen LogP contribution in [-0.2, 0) is 36.1 Å². The summed E-state index contributed by atoms with van der Waals surface area (Å²) < 4.78 is 64.9. The van der Waals surface area contributed by atoms with Gasteiger partial charge in [-0.3, -0.25) is 4.79 Å². The molecule has 0 aliphatic carbocycles. The van der Waals surface area contributed by atoms with Gasteiger partial charge in [0.1, 0.15) is 5.75 Å². The number of carbonyl (C=O) groups excluding carboxylic acids is 1. The second kappa shape index (κ2) is 12.2. The van der Waals surface area contributed by atoms with E-state index >= 15 is 0 Å². The Labute approximate surface area is 213 Å². The smallest absolute Gasteiger partial charge is 0.258 e. The number of sulfonamides is 2. The SMILES string of the molecule is Cc1cc(S(=O)(=O)NCC(C)C)ccc1OCC(=O)NCc1ccc(S(=O)(=O)N2CCOCC2)cc1. The van der Waals surface area contributed by atoms with Gasteiger partial charge in [0.05, 0.1) is 23.0 Å². The van der Waals surface area contributed by atoms with E-state index in [4.69, 9.17) is 9.47 Å². The van der Waals surface area contributed by atoms with E-state index in [-0.39, 0.29) is 34.8 Å². The molecule has 1 fully saturated rings. The predicted octanol–water partition coefficient (Wildman–Crippen LogP) is 1.65. The van der Waals surface area contributed by atoms with Crippen molar-refractivity contribution < 1.29 is 31.1 Å². The standard InChI is InChI=1S/C24H33N3O7S2/c1-18(2)15-26-35(29,30)22-8-9-23(19(3)14-22)34-17-24(28)25-16-20-4-6-21(7-5-20)36(31,32)27-10-12-33-13-11-27/h4-9,14,18,26H,10-13,15-17H2,1-3H3,(H,25,28). The molecule has 1 heterocycles. The van der Waals surface area contributed by atoms with Crippen LogP contribution < -0.4 is 14.8 Å². The molecule has 36 heavy (non-hydrogen) atoms. The maximum Gasteiger partial charge on any atom is 0.258 e. The average Bonchev–Trinajstić information content (AvgIpc) is 2.86. The van der Waals surface area contributed by atoms with Crippen molar-refractivity contribution in [2.75, 3.05) is 39.5 Å². The fourth-order valence-corrected chi connectivity index (χ4v) is 6.13. The Morgan fingerprint density at radius 3 is 2.28 bits per heavy atom. The van der Waals surface area contributed by atoms with Gasteiger partial charge in [-0.2, -0.15) is 4.31 Å². The summed E-state index contributed by atoms with van der Waals surface area (Å²) in [6.07, 6.45) is 0. The Bertz CT molecular complexity index is 1260. The minimum absolute atomic E-state index is 0.136. The first kappa shape index (κ1) is 28.1. The topological polar surface area (TPSA) is 131 Å². The van der Waals surface area contributed by atoms with E-state index in [9.17, 15) is 21.6 Å². The van der Waals surface area contributed by atoms with Gasteiger partial charge in [-0.05, 0) is 54.3 Å². The highest BCUT2D eigenvalue weighted by Crippen LogP contribution is 2.22. The molecule has 0 saturated carbocycles. The highest BCUT2D eigenvalue weighted by Gasteiger charge is 2.26. The van der Waals surface area contributed by atoms with Crippen molar-refractivity contribution >= 4 is 26.0 Å². The number of hydrogen-bond donors (Lipinski definition) is 2. The minimum atomic E-state index is -3.61. The number of carbonyl (C=O) groups is 1. The summed E-state index contributed by atoms with van der Waals surface area (Å²) >= 11 is 0. The van der Waals surface area contributed by atoms with Crippen LogP contribution in [0.4, 0.5) is 0 Å². The van der Waals surface area contributed by atoms with Crippen LogP contribution >= 0.6 is 0 Å². The van der Waals surface area contributed by atoms with Crippen LogP contribution in [0.5, 0.6) is 5.75 Å². The summed E-state index contributed by atoms with van der Waals surface area (Å²) in [6, 6.07) is 10.8. The first-order valence-electron chi connectivity index (χ1n) is 11.7. The van der Waals surface area contributed by atoms with Gasteiger partial charge in [0.25, 0.3) is 5.91 Å². The van der Waals surface area contributed by atoms with Gasteiger partial charge in [-0.1, -0.05) is 26.0 Å². The molecule has 0 atom stereocenters. The second-order valence-corrected chi connectivity index (χ2v) is 12.6. The number of aryl methyl sites for hydroxylation is 1. The lowest BCUT2D eigenvalue weighted by Gasteiger charge is -2.26. The Balaban J connectivity index is 1.50. The quantitative estimate of drug-likeness (QED) is 0.444. The summed E-state index contributed by atoms with van der Waals surface area (Å²) in [6.45, 7) is 7.25. The van der Waals surface area contributed by atoms with E-state index in [2.05, 4.69) is 10.0 Å². The van der Waals surface area contributed by atoms with Gasteiger partial charge in [-0.25, -0.2) is 21.6 Å². The van der Waals surface area contributed by atoms with E-state index in [1.54, 1.807) is 19.1 Å². The molecule has 3 rings (SSSR count). The fourth-order valence-electron chi connectivity index (χ4n) is 3.42. The fraction of sp³-hybridized carbons (Fsp3) is 0.458. The van der Waals surface area contributed by atoms with Crippen LogP contribution in [0.1, 0.15) is 25.0 Å². The lowest BCUT2D eigenvalue weighted by molar-refractivity contribution is -0.123. The number of hydrogen-bond acceptors (Lipinski definition) is 7. The summed E-state index contributed by atoms with van der Waals surface area (Å²) in [5.74, 6) is 0.225. The minimum Gasteiger partial charge on any atom is -0.484 e. The molecule has 1 aliphatic rings. The molecule has 10 nitrogen and oxygen atoms in total. The number of nitrogens with one attached hydrogen (secondary N) is 2. The normalized spacial score (nSPS) is 15.1. The summed E-state index contributed by atoms with van der Waals surface area (Å²) in [4.78, 5) is 12.6. The van der Waals surface area contributed by atoms with Gasteiger partial charge >= 0.3 is 0 Å². The average molecular weight is 540 g/mol. The number of nitrogens with zero attached hydrogens (tertiary/aromatic N) is 1. The molecule has 0 aromatic heterocycles. The first-order valence-corrected chi connectivity index (χ1v) is 14.6. The van der Waals surface area contributed by atoms with E-state index in [0.29, 0.717) is 44.2 Å². The highest BCUT2D eigenvalue weighted by atomic mass is 32.2. The third-order valence-corrected chi connectivity index (χ3v) is 8.85. The van der Waals surface area contributed by atoms with E-state index in [1.165, 1.54) is 34.6 Å². The maximum atomic E-state index is 12.7. The van der Waals surface area contributed by atoms with Gasteiger partial charge < -0.3 is 14.8 Å². The molecular weight excluding hydrogens is 506 g/mol. The number of amides is 1. The van der Waals surface area contributed by atoms with Crippen LogP contribution in [0.2, 0.25) is 0 Å². The zero-order valence-electron chi connectivity index (χ0n) is 20.7. The molecule has 12 heteroatoms. The second-order valence-electron chi connectivity index (χ2n) is 8.90. The predicted molar refractivity (Wildman–Crippen MR) is 135 cm³/mol. The van der Waals surface area contributed by atoms with Crippen molar-refractivity contribution in [3.05, 3.63) is 53.6 Å². The van der Waals surface area contributed by atoms with Crippen molar-refractivity contribution in [3.63, 3.8) is 0 Å². The summed E-state index contributed by atoms with van der Waals surface area (Å²) in [7, 11) is -7.18.